The van der Waals surface area contributed by atoms with Gasteiger partial charge in [0.1, 0.15) is 6.04 Å². The average molecular weight is 273 g/mol. The summed E-state index contributed by atoms with van der Waals surface area (Å²) < 4.78 is 0. The van der Waals surface area contributed by atoms with Gasteiger partial charge in [-0.25, -0.2) is 9.59 Å². The Morgan fingerprint density at radius 2 is 2.00 bits per heavy atom. The van der Waals surface area contributed by atoms with E-state index in [1.807, 2.05) is 7.05 Å². The highest BCUT2D eigenvalue weighted by molar-refractivity contribution is 7.99. The molecule has 0 aliphatic carbocycles. The van der Waals surface area contributed by atoms with Crippen molar-refractivity contribution in [3.05, 3.63) is 0 Å². The van der Waals surface area contributed by atoms with E-state index >= 15 is 0 Å². The predicted octanol–water partition coefficient (Wildman–Crippen LogP) is 0.203. The van der Waals surface area contributed by atoms with Crippen molar-refractivity contribution in [1.82, 2.24) is 14.7 Å². The number of carboxylic acid groups (broad SMARTS) is 1. The molecule has 0 bridgehead atoms. The molecule has 0 aromatic heterocycles. The van der Waals surface area contributed by atoms with Crippen LogP contribution in [0.4, 0.5) is 4.79 Å². The fourth-order valence-corrected chi connectivity index (χ4v) is 3.39. The number of hydrogen-bond donors (Lipinski definition) is 1. The van der Waals surface area contributed by atoms with Crippen LogP contribution in [0.5, 0.6) is 0 Å². The maximum atomic E-state index is 12.3. The van der Waals surface area contributed by atoms with Crippen LogP contribution in [0.3, 0.4) is 0 Å². The van der Waals surface area contributed by atoms with Crippen LogP contribution in [0, 0.1) is 0 Å². The smallest absolute Gasteiger partial charge is 0.327 e. The van der Waals surface area contributed by atoms with Gasteiger partial charge in [-0.15, -0.1) is 11.8 Å². The topological polar surface area (TPSA) is 64.1 Å². The van der Waals surface area contributed by atoms with Gasteiger partial charge in [0.05, 0.1) is 5.88 Å². The third-order valence-corrected chi connectivity index (χ3v) is 4.42. The molecule has 2 heterocycles. The summed E-state index contributed by atoms with van der Waals surface area (Å²) in [4.78, 5) is 28.9. The van der Waals surface area contributed by atoms with Crippen molar-refractivity contribution >= 4 is 23.8 Å². The Kier molecular flexibility index (Phi) is 4.34. The van der Waals surface area contributed by atoms with E-state index in [-0.39, 0.29) is 6.03 Å². The van der Waals surface area contributed by atoms with E-state index in [1.54, 1.807) is 4.90 Å². The van der Waals surface area contributed by atoms with E-state index in [0.29, 0.717) is 18.2 Å². The molecule has 0 radical (unpaired) electrons. The number of nitrogens with zero attached hydrogens (tertiary/aromatic N) is 3. The van der Waals surface area contributed by atoms with Gasteiger partial charge in [0, 0.05) is 25.4 Å². The van der Waals surface area contributed by atoms with Crippen LogP contribution in [0.1, 0.15) is 6.42 Å². The molecular weight excluding hydrogens is 254 g/mol. The second kappa shape index (κ2) is 5.79. The molecule has 2 aliphatic rings. The van der Waals surface area contributed by atoms with Gasteiger partial charge in [-0.05, 0) is 20.0 Å². The van der Waals surface area contributed by atoms with Gasteiger partial charge < -0.3 is 19.8 Å². The lowest BCUT2D eigenvalue weighted by atomic mass is 10.3. The molecule has 1 atom stereocenters. The van der Waals surface area contributed by atoms with E-state index in [4.69, 9.17) is 5.11 Å². The molecule has 0 unspecified atom stereocenters. The number of urea groups is 1. The normalized spacial score (nSPS) is 26.2. The van der Waals surface area contributed by atoms with Gasteiger partial charge in [-0.1, -0.05) is 0 Å². The summed E-state index contributed by atoms with van der Waals surface area (Å²) >= 11 is 1.50. The Morgan fingerprint density at radius 3 is 2.72 bits per heavy atom. The molecule has 2 saturated heterocycles. The Hall–Kier alpha value is -0.950. The van der Waals surface area contributed by atoms with Crippen LogP contribution in [-0.4, -0.2) is 82.7 Å². The largest absolute Gasteiger partial charge is 0.480 e. The first kappa shape index (κ1) is 13.5. The van der Waals surface area contributed by atoms with Crippen molar-refractivity contribution in [2.75, 3.05) is 44.9 Å². The highest BCUT2D eigenvalue weighted by atomic mass is 32.2. The van der Waals surface area contributed by atoms with E-state index in [1.165, 1.54) is 16.7 Å². The van der Waals surface area contributed by atoms with Crippen molar-refractivity contribution in [3.8, 4) is 0 Å². The highest BCUT2D eigenvalue weighted by Crippen LogP contribution is 2.22. The molecule has 0 saturated carbocycles. The lowest BCUT2D eigenvalue weighted by Gasteiger charge is -2.28. The molecule has 2 rings (SSSR count). The Labute approximate surface area is 111 Å². The average Bonchev–Trinajstić information content (AvgIpc) is 2.72. The molecule has 102 valence electrons. The van der Waals surface area contributed by atoms with Crippen LogP contribution >= 0.6 is 11.8 Å². The van der Waals surface area contributed by atoms with Gasteiger partial charge in [0.25, 0.3) is 0 Å². The van der Waals surface area contributed by atoms with Gasteiger partial charge in [0.2, 0.25) is 0 Å². The minimum atomic E-state index is -0.903. The SMILES string of the molecule is CN1CCCN(C(=O)N2CSC[C@H]2C(=O)O)CC1. The second-order valence-corrected chi connectivity index (χ2v) is 5.75. The zero-order chi connectivity index (χ0) is 13.1. The van der Waals surface area contributed by atoms with E-state index in [9.17, 15) is 9.59 Å². The maximum absolute atomic E-state index is 12.3. The number of carbonyl (C=O) groups excluding carboxylic acids is 1. The van der Waals surface area contributed by atoms with Gasteiger partial charge in [-0.2, -0.15) is 0 Å². The number of hydrogen-bond acceptors (Lipinski definition) is 4. The first-order valence-corrected chi connectivity index (χ1v) is 7.29. The molecule has 0 spiro atoms. The fraction of sp³-hybridized carbons (Fsp3) is 0.818. The Morgan fingerprint density at radius 1 is 1.22 bits per heavy atom. The maximum Gasteiger partial charge on any atom is 0.327 e. The number of carbonyl (C=O) groups is 2. The van der Waals surface area contributed by atoms with Gasteiger partial charge >= 0.3 is 12.0 Å². The van der Waals surface area contributed by atoms with Crippen LogP contribution in [-0.2, 0) is 4.79 Å². The van der Waals surface area contributed by atoms with Crippen LogP contribution in [0.15, 0.2) is 0 Å². The lowest BCUT2D eigenvalue weighted by Crippen LogP contribution is -2.49. The van der Waals surface area contributed by atoms with E-state index in [2.05, 4.69) is 4.90 Å². The molecular formula is C11H19N3O3S. The van der Waals surface area contributed by atoms with Gasteiger partial charge in [0.15, 0.2) is 0 Å². The molecule has 2 amide bonds. The number of thioether (sulfide) groups is 1. The van der Waals surface area contributed by atoms with Crippen LogP contribution < -0.4 is 0 Å². The van der Waals surface area contributed by atoms with Crippen molar-refractivity contribution in [1.29, 1.82) is 0 Å². The Balaban J connectivity index is 1.99. The summed E-state index contributed by atoms with van der Waals surface area (Å²) in [5.41, 5.74) is 0. The summed E-state index contributed by atoms with van der Waals surface area (Å²) in [6, 6.07) is -0.786. The molecule has 7 heteroatoms. The summed E-state index contributed by atoms with van der Waals surface area (Å²) in [7, 11) is 2.04. The van der Waals surface area contributed by atoms with E-state index < -0.39 is 12.0 Å². The molecule has 6 nitrogen and oxygen atoms in total. The number of rotatable bonds is 1. The highest BCUT2D eigenvalue weighted by Gasteiger charge is 2.36. The van der Waals surface area contributed by atoms with Crippen molar-refractivity contribution in [2.45, 2.75) is 12.5 Å². The number of carboxylic acids is 1. The number of likely N-dealkylation sites (N-methyl/N-ethyl adjacent to an activating group) is 1. The summed E-state index contributed by atoms with van der Waals surface area (Å²) in [6.07, 6.45) is 0.945. The zero-order valence-corrected chi connectivity index (χ0v) is 11.4. The van der Waals surface area contributed by atoms with Crippen LogP contribution in [0.25, 0.3) is 0 Å². The molecule has 0 aromatic carbocycles. The molecule has 18 heavy (non-hydrogen) atoms. The van der Waals surface area contributed by atoms with Crippen molar-refractivity contribution < 1.29 is 14.7 Å². The summed E-state index contributed by atoms with van der Waals surface area (Å²) in [6.45, 7) is 3.24. The summed E-state index contributed by atoms with van der Waals surface area (Å²) in [5.74, 6) is 0.0806. The second-order valence-electron chi connectivity index (χ2n) is 4.75. The quantitative estimate of drug-likeness (QED) is 0.739. The first-order chi connectivity index (χ1) is 8.59. The monoisotopic (exact) mass is 273 g/mol. The first-order valence-electron chi connectivity index (χ1n) is 6.14. The fourth-order valence-electron chi connectivity index (χ4n) is 2.26. The minimum Gasteiger partial charge on any atom is -0.480 e. The third-order valence-electron chi connectivity index (χ3n) is 3.40. The standard InChI is InChI=1S/C11H19N3O3S/c1-12-3-2-4-13(6-5-12)11(17)14-8-18-7-9(14)10(15)16/h9H,2-8H2,1H3,(H,15,16)/t9-/m0/s1. The lowest BCUT2D eigenvalue weighted by molar-refractivity contribution is -0.140. The minimum absolute atomic E-state index is 0.122. The van der Waals surface area contributed by atoms with Gasteiger partial charge in [-0.3, -0.25) is 0 Å². The predicted molar refractivity (Wildman–Crippen MR) is 69.7 cm³/mol. The third kappa shape index (κ3) is 2.89. The van der Waals surface area contributed by atoms with E-state index in [0.717, 1.165) is 26.1 Å². The van der Waals surface area contributed by atoms with Crippen LogP contribution in [0.2, 0.25) is 0 Å². The van der Waals surface area contributed by atoms with Crippen molar-refractivity contribution in [3.63, 3.8) is 0 Å². The van der Waals surface area contributed by atoms with Crippen molar-refractivity contribution in [2.24, 2.45) is 0 Å². The molecule has 0 aromatic rings. The zero-order valence-electron chi connectivity index (χ0n) is 10.5. The number of amides is 2. The molecule has 2 fully saturated rings. The molecule has 2 aliphatic heterocycles. The molecule has 1 N–H and O–H groups in total. The number of aliphatic carboxylic acids is 1. The summed E-state index contributed by atoms with van der Waals surface area (Å²) in [5, 5.41) is 9.09. The Bertz CT molecular complexity index is 339.